The van der Waals surface area contributed by atoms with E-state index in [0.29, 0.717) is 15.9 Å². The molecule has 0 saturated carbocycles. The molecule has 0 aliphatic rings. The largest absolute Gasteiger partial charge is 0.352 e. The Hall–Kier alpha value is 2.25. The smallest absolute Gasteiger partial charge is 0.323 e. The van der Waals surface area contributed by atoms with Gasteiger partial charge in [0.05, 0.1) is 0 Å². The van der Waals surface area contributed by atoms with Crippen LogP contribution in [-0.2, 0) is 4.57 Å². The summed E-state index contributed by atoms with van der Waals surface area (Å²) in [5.74, 6) is 0.481. The van der Waals surface area contributed by atoms with Gasteiger partial charge < -0.3 is 9.79 Å². The normalized spacial score (nSPS) is 12.9. The summed E-state index contributed by atoms with van der Waals surface area (Å²) in [5, 5.41) is 2.26. The SMILES string of the molecule is CSCSCC(SCSC)(SCSC)P(=O)(O)O. The highest BCUT2D eigenvalue weighted by Crippen LogP contribution is 2.65. The molecule has 0 saturated heterocycles. The fourth-order valence-electron chi connectivity index (χ4n) is 0.933. The van der Waals surface area contributed by atoms with Gasteiger partial charge in [0.15, 0.2) is 3.82 Å². The second kappa shape index (κ2) is 10.9. The average molecular weight is 387 g/mol. The van der Waals surface area contributed by atoms with Crippen molar-refractivity contribution in [2.75, 3.05) is 39.8 Å². The van der Waals surface area contributed by atoms with Crippen LogP contribution < -0.4 is 0 Å². The van der Waals surface area contributed by atoms with Crippen LogP contribution in [0.2, 0.25) is 0 Å². The van der Waals surface area contributed by atoms with Gasteiger partial charge in [-0.15, -0.1) is 35.3 Å². The Bertz CT molecular complexity index is 253. The fourth-order valence-corrected chi connectivity index (χ4v) is 10.2. The summed E-state index contributed by atoms with van der Waals surface area (Å²) in [6.45, 7) is 0. The molecule has 0 bridgehead atoms. The van der Waals surface area contributed by atoms with E-state index >= 15 is 0 Å². The van der Waals surface area contributed by atoms with Gasteiger partial charge >= 0.3 is 7.60 Å². The molecule has 0 aliphatic heterocycles. The maximum atomic E-state index is 11.9. The van der Waals surface area contributed by atoms with Crippen LogP contribution in [-0.4, -0.2) is 53.4 Å². The van der Waals surface area contributed by atoms with Gasteiger partial charge in [0.2, 0.25) is 0 Å². The maximum Gasteiger partial charge on any atom is 0.352 e. The van der Waals surface area contributed by atoms with E-state index in [4.69, 9.17) is 0 Å². The Balaban J connectivity index is 4.81. The minimum atomic E-state index is -4.14. The Labute approximate surface area is 135 Å². The Kier molecular flexibility index (Phi) is 12.3. The third-order valence-electron chi connectivity index (χ3n) is 1.73. The molecule has 0 aromatic rings. The zero-order chi connectivity index (χ0) is 14.1. The van der Waals surface area contributed by atoms with Gasteiger partial charge in [-0.1, -0.05) is 0 Å². The summed E-state index contributed by atoms with van der Waals surface area (Å²) in [4.78, 5) is 19.4. The summed E-state index contributed by atoms with van der Waals surface area (Å²) in [6, 6.07) is 0. The molecule has 0 atom stereocenters. The Morgan fingerprint density at radius 3 is 1.72 bits per heavy atom. The molecule has 0 radical (unpaired) electrons. The third kappa shape index (κ3) is 7.31. The van der Waals surface area contributed by atoms with Crippen molar-refractivity contribution in [3.05, 3.63) is 0 Å². The fraction of sp³-hybridized carbons (Fsp3) is 1.00. The Morgan fingerprint density at radius 1 is 0.944 bits per heavy atom. The first-order chi connectivity index (χ1) is 8.43. The molecule has 18 heavy (non-hydrogen) atoms. The third-order valence-corrected chi connectivity index (χ3v) is 12.5. The van der Waals surface area contributed by atoms with Gasteiger partial charge in [-0.05, 0) is 18.8 Å². The first-order valence-corrected chi connectivity index (χ1v) is 13.7. The van der Waals surface area contributed by atoms with E-state index in [-0.39, 0.29) is 0 Å². The summed E-state index contributed by atoms with van der Waals surface area (Å²) >= 11 is 9.26. The molecule has 2 N–H and O–H groups in total. The van der Waals surface area contributed by atoms with Gasteiger partial charge in [-0.25, -0.2) is 0 Å². The van der Waals surface area contributed by atoms with Gasteiger partial charge in [-0.2, -0.15) is 35.3 Å². The predicted molar refractivity (Wildman–Crippen MR) is 97.6 cm³/mol. The lowest BCUT2D eigenvalue weighted by Gasteiger charge is -2.32. The topological polar surface area (TPSA) is 57.5 Å². The maximum absolute atomic E-state index is 11.9. The highest BCUT2D eigenvalue weighted by Gasteiger charge is 2.47. The van der Waals surface area contributed by atoms with Crippen molar-refractivity contribution in [3.8, 4) is 0 Å². The zero-order valence-electron chi connectivity index (χ0n) is 10.5. The molecule has 0 aromatic carbocycles. The van der Waals surface area contributed by atoms with E-state index in [1.165, 1.54) is 23.5 Å². The molecule has 0 rings (SSSR count). The van der Waals surface area contributed by atoms with Crippen LogP contribution in [0.4, 0.5) is 0 Å². The number of hydrogen-bond acceptors (Lipinski definition) is 7. The van der Waals surface area contributed by atoms with Crippen molar-refractivity contribution in [1.82, 2.24) is 0 Å². The summed E-state index contributed by atoms with van der Waals surface area (Å²) in [6.07, 6.45) is 5.90. The van der Waals surface area contributed by atoms with Crippen LogP contribution >= 0.6 is 78.2 Å². The van der Waals surface area contributed by atoms with Crippen LogP contribution in [0.15, 0.2) is 0 Å². The molecule has 0 spiro atoms. The minimum Gasteiger partial charge on any atom is -0.323 e. The highest BCUT2D eigenvalue weighted by atomic mass is 32.3. The van der Waals surface area contributed by atoms with Crippen molar-refractivity contribution >= 4 is 78.2 Å². The van der Waals surface area contributed by atoms with Gasteiger partial charge in [-0.3, -0.25) is 4.57 Å². The summed E-state index contributed by atoms with van der Waals surface area (Å²) in [7, 11) is -4.14. The van der Waals surface area contributed by atoms with E-state index in [9.17, 15) is 14.4 Å². The van der Waals surface area contributed by atoms with E-state index in [1.54, 1.807) is 47.0 Å². The van der Waals surface area contributed by atoms with E-state index < -0.39 is 11.4 Å². The quantitative estimate of drug-likeness (QED) is 0.312. The summed E-state index contributed by atoms with van der Waals surface area (Å²) in [5.41, 5.74) is 0. The number of hydrogen-bond donors (Lipinski definition) is 2. The van der Waals surface area contributed by atoms with E-state index in [1.807, 2.05) is 18.8 Å². The van der Waals surface area contributed by atoms with Crippen LogP contribution in [0.1, 0.15) is 0 Å². The molecule has 0 heterocycles. The molecule has 110 valence electrons. The molecule has 0 unspecified atom stereocenters. The lowest BCUT2D eigenvalue weighted by Crippen LogP contribution is -2.24. The Morgan fingerprint density at radius 2 is 1.39 bits per heavy atom. The monoisotopic (exact) mass is 386 g/mol. The first kappa shape index (κ1) is 20.2. The van der Waals surface area contributed by atoms with Crippen LogP contribution in [0.25, 0.3) is 0 Å². The van der Waals surface area contributed by atoms with Crippen molar-refractivity contribution in [3.63, 3.8) is 0 Å². The summed E-state index contributed by atoms with van der Waals surface area (Å²) < 4.78 is 10.9. The van der Waals surface area contributed by atoms with Crippen molar-refractivity contribution in [2.24, 2.45) is 0 Å². The van der Waals surface area contributed by atoms with E-state index in [0.717, 1.165) is 5.08 Å². The van der Waals surface area contributed by atoms with Crippen LogP contribution in [0.5, 0.6) is 0 Å². The average Bonchev–Trinajstić information content (AvgIpc) is 2.31. The first-order valence-electron chi connectivity index (χ1n) is 4.81. The molecule has 0 amide bonds. The van der Waals surface area contributed by atoms with E-state index in [2.05, 4.69) is 0 Å². The molecule has 10 heteroatoms. The molecule has 0 aromatic heterocycles. The molecule has 3 nitrogen and oxygen atoms in total. The second-order valence-corrected chi connectivity index (χ2v) is 13.1. The highest BCUT2D eigenvalue weighted by molar-refractivity contribution is 8.32. The van der Waals surface area contributed by atoms with Crippen molar-refractivity contribution in [1.29, 1.82) is 0 Å². The van der Waals surface area contributed by atoms with Crippen LogP contribution in [0, 0.1) is 0 Å². The lowest BCUT2D eigenvalue weighted by atomic mass is 10.9. The molecule has 0 fully saturated rings. The van der Waals surface area contributed by atoms with Crippen molar-refractivity contribution in [2.45, 2.75) is 3.82 Å². The number of rotatable bonds is 11. The molecular weight excluding hydrogens is 367 g/mol. The molecule has 0 aliphatic carbocycles. The van der Waals surface area contributed by atoms with Gasteiger partial charge in [0.1, 0.15) is 0 Å². The standard InChI is InChI=1S/C8H19O3PS6/c1-13-5-16-4-8(12(9,10)11,17-6-14-2)18-7-15-3/h4-7H2,1-3H3,(H2,9,10,11). The van der Waals surface area contributed by atoms with Crippen molar-refractivity contribution < 1.29 is 14.4 Å². The van der Waals surface area contributed by atoms with Gasteiger partial charge in [0, 0.05) is 21.0 Å². The van der Waals surface area contributed by atoms with Gasteiger partial charge in [0.25, 0.3) is 0 Å². The second-order valence-electron chi connectivity index (χ2n) is 3.11. The zero-order valence-corrected chi connectivity index (χ0v) is 16.3. The molecular formula is C8H19O3PS6. The lowest BCUT2D eigenvalue weighted by molar-refractivity contribution is 0.369. The van der Waals surface area contributed by atoms with Crippen LogP contribution in [0.3, 0.4) is 0 Å². The minimum absolute atomic E-state index is 0.481. The number of thioether (sulfide) groups is 6. The predicted octanol–water partition coefficient (Wildman–Crippen LogP) is 3.98.